The van der Waals surface area contributed by atoms with Gasteiger partial charge in [0, 0.05) is 32.1 Å². The second-order valence-corrected chi connectivity index (χ2v) is 4.51. The molecule has 1 unspecified atom stereocenters. The average molecular weight is 230 g/mol. The van der Waals surface area contributed by atoms with E-state index in [-0.39, 0.29) is 24.9 Å². The predicted octanol–water partition coefficient (Wildman–Crippen LogP) is 1.11. The fraction of sp³-hybridized carbons (Fsp3) is 0.727. The summed E-state index contributed by atoms with van der Waals surface area (Å²) in [5, 5.41) is 0. The Morgan fingerprint density at radius 1 is 1.44 bits per heavy atom. The number of nitrogens with zero attached hydrogens (tertiary/aromatic N) is 2. The predicted molar refractivity (Wildman–Crippen MR) is 56.3 cm³/mol. The van der Waals surface area contributed by atoms with Crippen LogP contribution in [0.2, 0.25) is 0 Å². The highest BCUT2D eigenvalue weighted by atomic mass is 19.3. The maximum absolute atomic E-state index is 13.0. The smallest absolute Gasteiger partial charge is 0.261 e. The molecule has 5 heteroatoms. The van der Waals surface area contributed by atoms with Crippen LogP contribution in [0.5, 0.6) is 0 Å². The zero-order chi connectivity index (χ0) is 11.8. The largest absolute Gasteiger partial charge is 0.338 e. The summed E-state index contributed by atoms with van der Waals surface area (Å²) < 4.78 is 26.1. The van der Waals surface area contributed by atoms with Crippen LogP contribution in [0.3, 0.4) is 0 Å². The Balaban J connectivity index is 1.90. The summed E-state index contributed by atoms with van der Waals surface area (Å²) in [6.07, 6.45) is 2.01. The van der Waals surface area contributed by atoms with E-state index in [4.69, 9.17) is 0 Å². The molecule has 16 heavy (non-hydrogen) atoms. The lowest BCUT2D eigenvalue weighted by atomic mass is 10.2. The first kappa shape index (κ1) is 11.5. The van der Waals surface area contributed by atoms with Crippen LogP contribution in [0.25, 0.3) is 0 Å². The Hall–Kier alpha value is -0.970. The van der Waals surface area contributed by atoms with Gasteiger partial charge in [-0.05, 0) is 12.5 Å². The van der Waals surface area contributed by atoms with Crippen molar-refractivity contribution in [1.29, 1.82) is 0 Å². The number of alkyl halides is 2. The van der Waals surface area contributed by atoms with Crippen molar-refractivity contribution < 1.29 is 13.6 Å². The van der Waals surface area contributed by atoms with E-state index in [9.17, 15) is 13.6 Å². The van der Waals surface area contributed by atoms with Crippen LogP contribution in [0.1, 0.15) is 12.8 Å². The molecule has 0 spiro atoms. The fourth-order valence-electron chi connectivity index (χ4n) is 2.44. The van der Waals surface area contributed by atoms with Gasteiger partial charge >= 0.3 is 0 Å². The number of likely N-dealkylation sites (tertiary alicyclic amines) is 2. The van der Waals surface area contributed by atoms with E-state index in [0.717, 1.165) is 6.42 Å². The van der Waals surface area contributed by atoms with Gasteiger partial charge in [-0.3, -0.25) is 9.69 Å². The van der Waals surface area contributed by atoms with Crippen LogP contribution >= 0.6 is 0 Å². The molecule has 2 fully saturated rings. The van der Waals surface area contributed by atoms with Gasteiger partial charge in [-0.25, -0.2) is 8.78 Å². The molecule has 0 aromatic carbocycles. The Morgan fingerprint density at radius 3 is 2.75 bits per heavy atom. The molecule has 3 nitrogen and oxygen atoms in total. The molecule has 2 aliphatic heterocycles. The molecule has 2 saturated heterocycles. The highest BCUT2D eigenvalue weighted by Crippen LogP contribution is 2.30. The fourth-order valence-corrected chi connectivity index (χ4v) is 2.44. The number of carbonyl (C=O) groups excluding carboxylic acids is 1. The number of carbonyl (C=O) groups is 1. The SMILES string of the molecule is C=CC(=O)N1CCC(N2CCC(F)(F)C2)C1. The number of hydrogen-bond acceptors (Lipinski definition) is 2. The molecule has 1 atom stereocenters. The van der Waals surface area contributed by atoms with E-state index < -0.39 is 5.92 Å². The molecule has 0 aromatic rings. The minimum atomic E-state index is -2.55. The van der Waals surface area contributed by atoms with Crippen LogP contribution in [-0.2, 0) is 4.79 Å². The molecule has 0 radical (unpaired) electrons. The van der Waals surface area contributed by atoms with Crippen LogP contribution < -0.4 is 0 Å². The average Bonchev–Trinajstić information content (AvgIpc) is 2.83. The van der Waals surface area contributed by atoms with Crippen molar-refractivity contribution in [2.24, 2.45) is 0 Å². The highest BCUT2D eigenvalue weighted by Gasteiger charge is 2.42. The quantitative estimate of drug-likeness (QED) is 0.664. The summed E-state index contributed by atoms with van der Waals surface area (Å²) in [6.45, 7) is 4.91. The number of halogens is 2. The molecule has 0 aliphatic carbocycles. The van der Waals surface area contributed by atoms with Gasteiger partial charge < -0.3 is 4.90 Å². The minimum absolute atomic E-state index is 0.0566. The third-order valence-corrected chi connectivity index (χ3v) is 3.37. The van der Waals surface area contributed by atoms with Crippen molar-refractivity contribution in [2.45, 2.75) is 24.8 Å². The Morgan fingerprint density at radius 2 is 2.19 bits per heavy atom. The van der Waals surface area contributed by atoms with Crippen LogP contribution in [-0.4, -0.2) is 53.9 Å². The van der Waals surface area contributed by atoms with Crippen LogP contribution in [0.4, 0.5) is 8.78 Å². The third kappa shape index (κ3) is 2.24. The zero-order valence-corrected chi connectivity index (χ0v) is 9.16. The van der Waals surface area contributed by atoms with Crippen molar-refractivity contribution in [3.63, 3.8) is 0 Å². The highest BCUT2D eigenvalue weighted by molar-refractivity contribution is 5.87. The van der Waals surface area contributed by atoms with Gasteiger partial charge in [0.25, 0.3) is 5.92 Å². The van der Waals surface area contributed by atoms with Crippen molar-refractivity contribution in [1.82, 2.24) is 9.80 Å². The van der Waals surface area contributed by atoms with Crippen molar-refractivity contribution in [3.8, 4) is 0 Å². The molecule has 1 amide bonds. The monoisotopic (exact) mass is 230 g/mol. The third-order valence-electron chi connectivity index (χ3n) is 3.37. The van der Waals surface area contributed by atoms with E-state index in [1.165, 1.54) is 6.08 Å². The Labute approximate surface area is 93.7 Å². The van der Waals surface area contributed by atoms with Crippen molar-refractivity contribution in [2.75, 3.05) is 26.2 Å². The molecular formula is C11H16F2N2O. The first-order chi connectivity index (χ1) is 7.52. The normalized spacial score (nSPS) is 29.6. The summed E-state index contributed by atoms with van der Waals surface area (Å²) in [6, 6.07) is 0.0947. The summed E-state index contributed by atoms with van der Waals surface area (Å²) in [5.41, 5.74) is 0. The lowest BCUT2D eigenvalue weighted by Crippen LogP contribution is -2.38. The second kappa shape index (κ2) is 4.13. The molecular weight excluding hydrogens is 214 g/mol. The van der Waals surface area contributed by atoms with Gasteiger partial charge in [-0.2, -0.15) is 0 Å². The molecule has 0 saturated carbocycles. The summed E-state index contributed by atoms with van der Waals surface area (Å²) in [5.74, 6) is -2.65. The van der Waals surface area contributed by atoms with Gasteiger partial charge in [0.05, 0.1) is 6.54 Å². The van der Waals surface area contributed by atoms with E-state index in [1.807, 2.05) is 0 Å². The lowest BCUT2D eigenvalue weighted by molar-refractivity contribution is -0.125. The number of rotatable bonds is 2. The maximum Gasteiger partial charge on any atom is 0.261 e. The molecule has 2 aliphatic rings. The molecule has 2 heterocycles. The molecule has 2 rings (SSSR count). The molecule has 90 valence electrons. The zero-order valence-electron chi connectivity index (χ0n) is 9.16. The number of hydrogen-bond donors (Lipinski definition) is 0. The standard InChI is InChI=1S/C11H16F2N2O/c1-2-10(16)14-5-3-9(7-14)15-6-4-11(12,13)8-15/h2,9H,1,3-8H2. The van der Waals surface area contributed by atoms with Crippen molar-refractivity contribution in [3.05, 3.63) is 12.7 Å². The van der Waals surface area contributed by atoms with E-state index in [2.05, 4.69) is 6.58 Å². The summed E-state index contributed by atoms with van der Waals surface area (Å²) in [4.78, 5) is 14.8. The van der Waals surface area contributed by atoms with Crippen molar-refractivity contribution >= 4 is 5.91 Å². The van der Waals surface area contributed by atoms with Crippen LogP contribution in [0.15, 0.2) is 12.7 Å². The van der Waals surface area contributed by atoms with E-state index >= 15 is 0 Å². The summed E-state index contributed by atoms with van der Waals surface area (Å²) >= 11 is 0. The van der Waals surface area contributed by atoms with Gasteiger partial charge in [-0.15, -0.1) is 0 Å². The van der Waals surface area contributed by atoms with Gasteiger partial charge in [0.1, 0.15) is 0 Å². The van der Waals surface area contributed by atoms with Gasteiger partial charge in [0.2, 0.25) is 5.91 Å². The Bertz CT molecular complexity index is 306. The topological polar surface area (TPSA) is 23.6 Å². The first-order valence-corrected chi connectivity index (χ1v) is 5.55. The number of amides is 1. The maximum atomic E-state index is 13.0. The second-order valence-electron chi connectivity index (χ2n) is 4.51. The Kier molecular flexibility index (Phi) is 2.97. The van der Waals surface area contributed by atoms with E-state index in [1.54, 1.807) is 9.80 Å². The molecule has 0 aromatic heterocycles. The lowest BCUT2D eigenvalue weighted by Gasteiger charge is -2.23. The minimum Gasteiger partial charge on any atom is -0.338 e. The van der Waals surface area contributed by atoms with Crippen LogP contribution in [0, 0.1) is 0 Å². The van der Waals surface area contributed by atoms with E-state index in [0.29, 0.717) is 19.6 Å². The van der Waals surface area contributed by atoms with Gasteiger partial charge in [-0.1, -0.05) is 6.58 Å². The molecule has 0 N–H and O–H groups in total. The first-order valence-electron chi connectivity index (χ1n) is 5.55. The molecule has 0 bridgehead atoms. The summed E-state index contributed by atoms with van der Waals surface area (Å²) in [7, 11) is 0. The van der Waals surface area contributed by atoms with Gasteiger partial charge in [0.15, 0.2) is 0 Å².